The summed E-state index contributed by atoms with van der Waals surface area (Å²) in [6.07, 6.45) is 8.70. The Labute approximate surface area is 151 Å². The SMILES string of the molecule is N[C@H]1CC[C@H](CNc2nc(NCc3ccncc3)ncc2[N+](=O)[O-])CC1. The Balaban J connectivity index is 1.65. The van der Waals surface area contributed by atoms with Gasteiger partial charge in [-0.1, -0.05) is 0 Å². The van der Waals surface area contributed by atoms with Crippen molar-refractivity contribution in [1.29, 1.82) is 0 Å². The summed E-state index contributed by atoms with van der Waals surface area (Å²) in [5.41, 5.74) is 6.83. The first kappa shape index (κ1) is 18.0. The average Bonchev–Trinajstić information content (AvgIpc) is 2.66. The van der Waals surface area contributed by atoms with E-state index in [1.807, 2.05) is 12.1 Å². The van der Waals surface area contributed by atoms with Gasteiger partial charge in [0.1, 0.15) is 6.20 Å². The van der Waals surface area contributed by atoms with E-state index < -0.39 is 4.92 Å². The van der Waals surface area contributed by atoms with Crippen molar-refractivity contribution in [3.05, 3.63) is 46.4 Å². The van der Waals surface area contributed by atoms with Crippen LogP contribution >= 0.6 is 0 Å². The summed E-state index contributed by atoms with van der Waals surface area (Å²) in [4.78, 5) is 23.1. The van der Waals surface area contributed by atoms with Crippen LogP contribution in [0.2, 0.25) is 0 Å². The third kappa shape index (κ3) is 4.85. The van der Waals surface area contributed by atoms with Crippen LogP contribution in [-0.4, -0.2) is 32.5 Å². The molecule has 2 aromatic rings. The van der Waals surface area contributed by atoms with E-state index in [2.05, 4.69) is 25.6 Å². The normalized spacial score (nSPS) is 19.7. The van der Waals surface area contributed by atoms with Gasteiger partial charge in [0.05, 0.1) is 4.92 Å². The Morgan fingerprint density at radius 1 is 1.19 bits per heavy atom. The topological polar surface area (TPSA) is 132 Å². The first-order chi connectivity index (χ1) is 12.6. The summed E-state index contributed by atoms with van der Waals surface area (Å²) >= 11 is 0. The molecule has 2 heterocycles. The smallest absolute Gasteiger partial charge is 0.329 e. The fraction of sp³-hybridized carbons (Fsp3) is 0.471. The van der Waals surface area contributed by atoms with Crippen LogP contribution in [0.3, 0.4) is 0 Å². The number of nitrogens with one attached hydrogen (secondary N) is 2. The molecule has 0 unspecified atom stereocenters. The highest BCUT2D eigenvalue weighted by atomic mass is 16.6. The number of anilines is 2. The lowest BCUT2D eigenvalue weighted by atomic mass is 9.86. The van der Waals surface area contributed by atoms with Gasteiger partial charge in [-0.15, -0.1) is 0 Å². The minimum atomic E-state index is -0.467. The zero-order valence-electron chi connectivity index (χ0n) is 14.5. The Morgan fingerprint density at radius 2 is 1.92 bits per heavy atom. The molecule has 0 aliphatic heterocycles. The molecule has 1 fully saturated rings. The monoisotopic (exact) mass is 357 g/mol. The minimum Gasteiger partial charge on any atom is -0.364 e. The molecule has 9 heteroatoms. The van der Waals surface area contributed by atoms with Crippen LogP contribution < -0.4 is 16.4 Å². The van der Waals surface area contributed by atoms with Crippen molar-refractivity contribution in [2.75, 3.05) is 17.2 Å². The Kier molecular flexibility index (Phi) is 5.90. The molecule has 3 rings (SSSR count). The standard InChI is InChI=1S/C17H23N7O2/c18-14-3-1-12(2-4-14)9-20-16-15(24(25)26)11-22-17(23-16)21-10-13-5-7-19-8-6-13/h5-8,11-12,14H,1-4,9-10,18H2,(H2,20,21,22,23)/t12-,14-. The van der Waals surface area contributed by atoms with Gasteiger partial charge in [0.2, 0.25) is 11.8 Å². The van der Waals surface area contributed by atoms with E-state index in [-0.39, 0.29) is 17.5 Å². The molecule has 0 radical (unpaired) electrons. The predicted octanol–water partition coefficient (Wildman–Crippen LogP) is 2.32. The van der Waals surface area contributed by atoms with E-state index in [4.69, 9.17) is 5.73 Å². The number of hydrogen-bond acceptors (Lipinski definition) is 8. The number of pyridine rings is 1. The lowest BCUT2D eigenvalue weighted by Crippen LogP contribution is -2.29. The maximum Gasteiger partial charge on any atom is 0.329 e. The van der Waals surface area contributed by atoms with E-state index >= 15 is 0 Å². The lowest BCUT2D eigenvalue weighted by molar-refractivity contribution is -0.384. The minimum absolute atomic E-state index is 0.119. The summed E-state index contributed by atoms with van der Waals surface area (Å²) in [5, 5.41) is 17.5. The number of nitrogens with zero attached hydrogens (tertiary/aromatic N) is 4. The van der Waals surface area contributed by atoms with Crippen LogP contribution in [-0.2, 0) is 6.54 Å². The van der Waals surface area contributed by atoms with Crippen molar-refractivity contribution in [2.24, 2.45) is 11.7 Å². The second-order valence-electron chi connectivity index (χ2n) is 6.56. The summed E-state index contributed by atoms with van der Waals surface area (Å²) in [6, 6.07) is 4.04. The van der Waals surface area contributed by atoms with Crippen LogP contribution in [0.4, 0.5) is 17.5 Å². The van der Waals surface area contributed by atoms with E-state index in [0.29, 0.717) is 25.0 Å². The van der Waals surface area contributed by atoms with Crippen molar-refractivity contribution in [1.82, 2.24) is 15.0 Å². The van der Waals surface area contributed by atoms with Gasteiger partial charge in [0.25, 0.3) is 0 Å². The quantitative estimate of drug-likeness (QED) is 0.508. The number of rotatable bonds is 7. The molecule has 9 nitrogen and oxygen atoms in total. The van der Waals surface area contributed by atoms with Crippen molar-refractivity contribution in [3.8, 4) is 0 Å². The maximum atomic E-state index is 11.2. The highest BCUT2D eigenvalue weighted by Crippen LogP contribution is 2.26. The third-order valence-corrected chi connectivity index (χ3v) is 4.62. The summed E-state index contributed by atoms with van der Waals surface area (Å²) in [6.45, 7) is 1.16. The molecular weight excluding hydrogens is 334 g/mol. The van der Waals surface area contributed by atoms with Crippen molar-refractivity contribution >= 4 is 17.5 Å². The average molecular weight is 357 g/mol. The fourth-order valence-corrected chi connectivity index (χ4v) is 3.04. The van der Waals surface area contributed by atoms with E-state index in [9.17, 15) is 10.1 Å². The lowest BCUT2D eigenvalue weighted by Gasteiger charge is -2.26. The Morgan fingerprint density at radius 3 is 2.62 bits per heavy atom. The number of aromatic nitrogens is 3. The molecule has 1 saturated carbocycles. The van der Waals surface area contributed by atoms with Gasteiger partial charge in [-0.3, -0.25) is 15.1 Å². The zero-order valence-corrected chi connectivity index (χ0v) is 14.5. The van der Waals surface area contributed by atoms with Gasteiger partial charge in [-0.05, 0) is 49.3 Å². The van der Waals surface area contributed by atoms with E-state index in [1.54, 1.807) is 12.4 Å². The van der Waals surface area contributed by atoms with Crippen LogP contribution in [0.5, 0.6) is 0 Å². The Hall–Kier alpha value is -2.81. The highest BCUT2D eigenvalue weighted by molar-refractivity contribution is 5.57. The van der Waals surface area contributed by atoms with Crippen LogP contribution in [0, 0.1) is 16.0 Å². The second kappa shape index (κ2) is 8.52. The largest absolute Gasteiger partial charge is 0.364 e. The molecule has 26 heavy (non-hydrogen) atoms. The molecule has 1 aliphatic carbocycles. The van der Waals surface area contributed by atoms with Gasteiger partial charge < -0.3 is 16.4 Å². The van der Waals surface area contributed by atoms with E-state index in [1.165, 1.54) is 6.20 Å². The van der Waals surface area contributed by atoms with Crippen LogP contribution in [0.1, 0.15) is 31.2 Å². The molecule has 4 N–H and O–H groups in total. The molecular formula is C17H23N7O2. The van der Waals surface area contributed by atoms with Gasteiger partial charge in [0.15, 0.2) is 0 Å². The molecule has 138 valence electrons. The number of nitro groups is 1. The molecule has 2 aromatic heterocycles. The van der Waals surface area contributed by atoms with Crippen LogP contribution in [0.15, 0.2) is 30.7 Å². The van der Waals surface area contributed by atoms with Gasteiger partial charge in [0, 0.05) is 31.5 Å². The molecule has 0 spiro atoms. The summed E-state index contributed by atoms with van der Waals surface area (Å²) < 4.78 is 0. The first-order valence-corrected chi connectivity index (χ1v) is 8.75. The van der Waals surface area contributed by atoms with Crippen LogP contribution in [0.25, 0.3) is 0 Å². The van der Waals surface area contributed by atoms with Crippen molar-refractivity contribution in [2.45, 2.75) is 38.3 Å². The first-order valence-electron chi connectivity index (χ1n) is 8.75. The van der Waals surface area contributed by atoms with Crippen molar-refractivity contribution < 1.29 is 4.92 Å². The fourth-order valence-electron chi connectivity index (χ4n) is 3.04. The number of nitrogens with two attached hydrogens (primary N) is 1. The molecule has 0 atom stereocenters. The Bertz CT molecular complexity index is 733. The maximum absolute atomic E-state index is 11.2. The molecule has 0 saturated heterocycles. The molecule has 0 aromatic carbocycles. The van der Waals surface area contributed by atoms with Gasteiger partial charge in [-0.2, -0.15) is 4.98 Å². The summed E-state index contributed by atoms with van der Waals surface area (Å²) in [5.74, 6) is 1.05. The third-order valence-electron chi connectivity index (χ3n) is 4.62. The van der Waals surface area contributed by atoms with E-state index in [0.717, 1.165) is 31.2 Å². The zero-order chi connectivity index (χ0) is 18.4. The van der Waals surface area contributed by atoms with Crippen molar-refractivity contribution in [3.63, 3.8) is 0 Å². The highest BCUT2D eigenvalue weighted by Gasteiger charge is 2.21. The molecule has 1 aliphatic rings. The predicted molar refractivity (Wildman–Crippen MR) is 98.7 cm³/mol. The molecule has 0 bridgehead atoms. The summed E-state index contributed by atoms with van der Waals surface area (Å²) in [7, 11) is 0. The second-order valence-corrected chi connectivity index (χ2v) is 6.56. The number of hydrogen-bond donors (Lipinski definition) is 3. The molecule has 0 amide bonds. The van der Waals surface area contributed by atoms with Gasteiger partial charge >= 0.3 is 5.69 Å². The van der Waals surface area contributed by atoms with Gasteiger partial charge in [-0.25, -0.2) is 4.98 Å².